The van der Waals surface area contributed by atoms with E-state index >= 15 is 0 Å². The monoisotopic (exact) mass is 259 g/mol. The molecule has 0 amide bonds. The molecule has 1 aromatic rings. The number of hydrogen-bond acceptors (Lipinski definition) is 2. The second kappa shape index (κ2) is 4.92. The van der Waals surface area contributed by atoms with Crippen molar-refractivity contribution >= 4 is 23.2 Å². The second-order valence-corrected chi connectivity index (χ2v) is 5.18. The van der Waals surface area contributed by atoms with Crippen LogP contribution >= 0.6 is 23.2 Å². The van der Waals surface area contributed by atoms with Crippen molar-refractivity contribution in [2.75, 3.05) is 13.1 Å². The molecule has 2 nitrogen and oxygen atoms in total. The van der Waals surface area contributed by atoms with Crippen LogP contribution in [-0.4, -0.2) is 23.8 Å². The minimum Gasteiger partial charge on any atom is -0.388 e. The number of benzene rings is 1. The zero-order chi connectivity index (χ0) is 11.6. The molecule has 0 spiro atoms. The lowest BCUT2D eigenvalue weighted by Gasteiger charge is -2.33. The number of rotatable bonds is 2. The summed E-state index contributed by atoms with van der Waals surface area (Å²) in [5, 5.41) is 14.7. The Balaban J connectivity index is 2.16. The van der Waals surface area contributed by atoms with Crippen molar-refractivity contribution in [2.24, 2.45) is 0 Å². The van der Waals surface area contributed by atoms with Crippen molar-refractivity contribution in [3.8, 4) is 0 Å². The van der Waals surface area contributed by atoms with Crippen molar-refractivity contribution in [3.05, 3.63) is 33.8 Å². The number of hydrogen-bond donors (Lipinski definition) is 2. The van der Waals surface area contributed by atoms with E-state index < -0.39 is 5.60 Å². The average molecular weight is 260 g/mol. The van der Waals surface area contributed by atoms with Crippen LogP contribution in [-0.2, 0) is 6.42 Å². The Labute approximate surface area is 106 Å². The van der Waals surface area contributed by atoms with E-state index in [0.29, 0.717) is 23.0 Å². The minimum absolute atomic E-state index is 0.548. The molecule has 2 N–H and O–H groups in total. The average Bonchev–Trinajstić information content (AvgIpc) is 2.26. The van der Waals surface area contributed by atoms with Gasteiger partial charge in [-0.25, -0.2) is 0 Å². The number of halogens is 2. The van der Waals surface area contributed by atoms with Crippen LogP contribution in [0.4, 0.5) is 0 Å². The predicted molar refractivity (Wildman–Crippen MR) is 67.2 cm³/mol. The van der Waals surface area contributed by atoms with Gasteiger partial charge in [0.2, 0.25) is 0 Å². The van der Waals surface area contributed by atoms with Gasteiger partial charge in [0.05, 0.1) is 15.6 Å². The maximum Gasteiger partial charge on any atom is 0.0812 e. The van der Waals surface area contributed by atoms with E-state index in [1.54, 1.807) is 6.07 Å². The molecule has 4 heteroatoms. The maximum absolute atomic E-state index is 10.4. The largest absolute Gasteiger partial charge is 0.388 e. The summed E-state index contributed by atoms with van der Waals surface area (Å²) < 4.78 is 0. The van der Waals surface area contributed by atoms with Crippen LogP contribution in [0.3, 0.4) is 0 Å². The van der Waals surface area contributed by atoms with Crippen LogP contribution in [0.25, 0.3) is 0 Å². The highest BCUT2D eigenvalue weighted by molar-refractivity contribution is 6.42. The normalized spacial score (nSPS) is 25.7. The molecule has 2 rings (SSSR count). The summed E-state index contributed by atoms with van der Waals surface area (Å²) in [7, 11) is 0. The summed E-state index contributed by atoms with van der Waals surface area (Å²) >= 11 is 12.1. The highest BCUT2D eigenvalue weighted by Crippen LogP contribution is 2.30. The molecule has 1 heterocycles. The first-order chi connectivity index (χ1) is 7.61. The molecular weight excluding hydrogens is 245 g/mol. The second-order valence-electron chi connectivity index (χ2n) is 4.39. The number of aliphatic hydroxyl groups is 1. The molecular formula is C12H15Cl2NO. The molecule has 0 aromatic heterocycles. The summed E-state index contributed by atoms with van der Waals surface area (Å²) in [5.74, 6) is 0. The highest BCUT2D eigenvalue weighted by atomic mass is 35.5. The van der Waals surface area contributed by atoms with Gasteiger partial charge in [0.25, 0.3) is 0 Å². The van der Waals surface area contributed by atoms with Crippen molar-refractivity contribution in [1.82, 2.24) is 5.32 Å². The maximum atomic E-state index is 10.4. The van der Waals surface area contributed by atoms with E-state index in [1.807, 2.05) is 12.1 Å². The van der Waals surface area contributed by atoms with Crippen LogP contribution in [0.15, 0.2) is 18.2 Å². The van der Waals surface area contributed by atoms with Gasteiger partial charge in [-0.3, -0.25) is 0 Å². The van der Waals surface area contributed by atoms with E-state index in [9.17, 15) is 5.11 Å². The van der Waals surface area contributed by atoms with Crippen LogP contribution in [0.1, 0.15) is 18.4 Å². The molecule has 0 radical (unpaired) electrons. The Morgan fingerprint density at radius 1 is 1.38 bits per heavy atom. The molecule has 0 bridgehead atoms. The van der Waals surface area contributed by atoms with Gasteiger partial charge >= 0.3 is 0 Å². The van der Waals surface area contributed by atoms with Crippen molar-refractivity contribution in [3.63, 3.8) is 0 Å². The van der Waals surface area contributed by atoms with Gasteiger partial charge in [0, 0.05) is 13.0 Å². The first kappa shape index (κ1) is 12.2. The van der Waals surface area contributed by atoms with E-state index in [4.69, 9.17) is 23.2 Å². The number of β-amino-alcohol motifs (C(OH)–C–C–N with tert-alkyl or cyclic N) is 1. The summed E-state index contributed by atoms with van der Waals surface area (Å²) in [4.78, 5) is 0. The van der Waals surface area contributed by atoms with Crippen LogP contribution in [0.2, 0.25) is 10.0 Å². The predicted octanol–water partition coefficient (Wildman–Crippen LogP) is 2.65. The van der Waals surface area contributed by atoms with E-state index in [-0.39, 0.29) is 0 Å². The van der Waals surface area contributed by atoms with Gasteiger partial charge in [0.15, 0.2) is 0 Å². The number of piperidine rings is 1. The van der Waals surface area contributed by atoms with Crippen molar-refractivity contribution in [1.29, 1.82) is 0 Å². The van der Waals surface area contributed by atoms with Gasteiger partial charge in [-0.2, -0.15) is 0 Å². The fourth-order valence-electron chi connectivity index (χ4n) is 2.14. The van der Waals surface area contributed by atoms with Gasteiger partial charge in [-0.05, 0) is 31.0 Å². The standard InChI is InChI=1S/C12H15Cl2NO/c13-10-4-1-3-9(11(10)14)7-12(16)5-2-6-15-8-12/h1,3-4,15-16H,2,5-8H2. The lowest BCUT2D eigenvalue weighted by molar-refractivity contribution is 0.0170. The number of nitrogens with one attached hydrogen (secondary N) is 1. The summed E-state index contributed by atoms with van der Waals surface area (Å²) in [5.41, 5.74) is 0.229. The molecule has 16 heavy (non-hydrogen) atoms. The Morgan fingerprint density at radius 2 is 2.19 bits per heavy atom. The van der Waals surface area contributed by atoms with Gasteiger partial charge in [-0.15, -0.1) is 0 Å². The molecule has 1 aliphatic rings. The van der Waals surface area contributed by atoms with Gasteiger partial charge < -0.3 is 10.4 Å². The fourth-order valence-corrected chi connectivity index (χ4v) is 2.53. The fraction of sp³-hybridized carbons (Fsp3) is 0.500. The minimum atomic E-state index is -0.688. The van der Waals surface area contributed by atoms with E-state index in [2.05, 4.69) is 5.32 Å². The van der Waals surface area contributed by atoms with Gasteiger partial charge in [0.1, 0.15) is 0 Å². The first-order valence-electron chi connectivity index (χ1n) is 5.47. The molecule has 1 saturated heterocycles. The molecule has 0 saturated carbocycles. The molecule has 1 aromatic carbocycles. The molecule has 0 aliphatic carbocycles. The van der Waals surface area contributed by atoms with Crippen molar-refractivity contribution < 1.29 is 5.11 Å². The zero-order valence-electron chi connectivity index (χ0n) is 8.97. The lowest BCUT2D eigenvalue weighted by Crippen LogP contribution is -2.47. The quantitative estimate of drug-likeness (QED) is 0.856. The van der Waals surface area contributed by atoms with E-state index in [1.165, 1.54) is 0 Å². The van der Waals surface area contributed by atoms with Crippen LogP contribution < -0.4 is 5.32 Å². The van der Waals surface area contributed by atoms with Crippen LogP contribution in [0, 0.1) is 0 Å². The molecule has 1 aliphatic heterocycles. The Morgan fingerprint density at radius 3 is 2.88 bits per heavy atom. The molecule has 1 unspecified atom stereocenters. The zero-order valence-corrected chi connectivity index (χ0v) is 10.5. The first-order valence-corrected chi connectivity index (χ1v) is 6.22. The Bertz CT molecular complexity index is 375. The van der Waals surface area contributed by atoms with E-state index in [0.717, 1.165) is 24.9 Å². The highest BCUT2D eigenvalue weighted by Gasteiger charge is 2.30. The van der Waals surface area contributed by atoms with Gasteiger partial charge in [-0.1, -0.05) is 35.3 Å². The third-order valence-electron chi connectivity index (χ3n) is 3.00. The Kier molecular flexibility index (Phi) is 3.75. The third-order valence-corrected chi connectivity index (χ3v) is 3.86. The lowest BCUT2D eigenvalue weighted by atomic mass is 9.87. The third kappa shape index (κ3) is 2.69. The van der Waals surface area contributed by atoms with Crippen LogP contribution in [0.5, 0.6) is 0 Å². The van der Waals surface area contributed by atoms with Crippen molar-refractivity contribution in [2.45, 2.75) is 24.9 Å². The topological polar surface area (TPSA) is 32.3 Å². The summed E-state index contributed by atoms with van der Waals surface area (Å²) in [6, 6.07) is 5.54. The Hall–Kier alpha value is -0.280. The SMILES string of the molecule is OC1(Cc2cccc(Cl)c2Cl)CCCNC1. The molecule has 1 atom stereocenters. The molecule has 88 valence electrons. The summed E-state index contributed by atoms with van der Waals surface area (Å²) in [6.45, 7) is 1.60. The smallest absolute Gasteiger partial charge is 0.0812 e. The summed E-state index contributed by atoms with van der Waals surface area (Å²) in [6.07, 6.45) is 2.36. The molecule has 1 fully saturated rings.